The van der Waals surface area contributed by atoms with Crippen molar-refractivity contribution in [2.45, 2.75) is 42.1 Å². The SMILES string of the molecule is CC1(C)S[C@@H]2C(NC(=O)C(NC(=O)CN=C(N)c3cc(Cl)c(Cl)c(Cl)c3)c3ccccc3)C(=O)N2[C@H]1C(=O)O. The Hall–Kier alpha value is -2.99. The third kappa shape index (κ3) is 5.81. The van der Waals surface area contributed by atoms with Crippen LogP contribution in [-0.4, -0.2) is 68.3 Å². The molecule has 2 aromatic rings. The fourth-order valence-corrected chi connectivity index (χ4v) is 6.71. The highest BCUT2D eigenvalue weighted by Gasteiger charge is 2.64. The topological polar surface area (TPSA) is 154 Å². The van der Waals surface area contributed by atoms with Gasteiger partial charge < -0.3 is 26.4 Å². The van der Waals surface area contributed by atoms with Crippen molar-refractivity contribution in [1.82, 2.24) is 15.5 Å². The summed E-state index contributed by atoms with van der Waals surface area (Å²) in [6, 6.07) is 8.31. The molecule has 2 unspecified atom stereocenters. The molecule has 0 radical (unpaired) electrons. The van der Waals surface area contributed by atoms with Crippen molar-refractivity contribution in [2.24, 2.45) is 10.7 Å². The highest BCUT2D eigenvalue weighted by molar-refractivity contribution is 8.01. The molecule has 10 nitrogen and oxygen atoms in total. The Bertz CT molecular complexity index is 1350. The number of carbonyl (C=O) groups excluding carboxylic acids is 3. The van der Waals surface area contributed by atoms with Crippen molar-refractivity contribution >= 4 is 76.1 Å². The molecular formula is C25H24Cl3N5O5S. The van der Waals surface area contributed by atoms with Crippen LogP contribution in [0, 0.1) is 0 Å². The molecule has 0 spiro atoms. The number of amides is 3. The largest absolute Gasteiger partial charge is 0.480 e. The third-order valence-corrected chi connectivity index (χ3v) is 9.11. The zero-order valence-corrected chi connectivity index (χ0v) is 23.7. The van der Waals surface area contributed by atoms with E-state index in [0.717, 1.165) is 0 Å². The van der Waals surface area contributed by atoms with Gasteiger partial charge in [-0.05, 0) is 31.5 Å². The number of carbonyl (C=O) groups is 4. The molecule has 14 heteroatoms. The maximum absolute atomic E-state index is 13.3. The summed E-state index contributed by atoms with van der Waals surface area (Å²) in [5.41, 5.74) is 6.83. The molecule has 2 heterocycles. The molecule has 2 fully saturated rings. The van der Waals surface area contributed by atoms with Gasteiger partial charge >= 0.3 is 5.97 Å². The molecule has 2 saturated heterocycles. The lowest BCUT2D eigenvalue weighted by Gasteiger charge is -2.44. The standard InChI is InChI=1S/C25H24Cl3N5O5S/c1-25(2)19(24(37)38)33-22(36)18(23(33)39-25)32-21(35)17(11-6-4-3-5-7-11)31-15(34)10-30-20(29)12-8-13(26)16(28)14(27)9-12/h3-9,17-19,23H,10H2,1-2H3,(H2,29,30)(H,31,34)(H,32,35)(H,37,38)/t17?,18?,19-,23+/m0/s1. The number of benzene rings is 2. The van der Waals surface area contributed by atoms with Gasteiger partial charge in [-0.25, -0.2) is 4.79 Å². The Morgan fingerprint density at radius 1 is 1.15 bits per heavy atom. The van der Waals surface area contributed by atoms with Crippen molar-refractivity contribution in [2.75, 3.05) is 6.54 Å². The molecule has 2 aliphatic rings. The lowest BCUT2D eigenvalue weighted by molar-refractivity contribution is -0.161. The molecule has 2 aromatic carbocycles. The molecule has 39 heavy (non-hydrogen) atoms. The van der Waals surface area contributed by atoms with Gasteiger partial charge in [-0.1, -0.05) is 65.1 Å². The predicted octanol–water partition coefficient (Wildman–Crippen LogP) is 2.84. The Balaban J connectivity index is 1.47. The van der Waals surface area contributed by atoms with Gasteiger partial charge in [-0.15, -0.1) is 11.8 Å². The second-order valence-corrected chi connectivity index (χ2v) is 12.4. The van der Waals surface area contributed by atoms with Crippen molar-refractivity contribution < 1.29 is 24.3 Å². The minimum Gasteiger partial charge on any atom is -0.480 e. The molecule has 5 N–H and O–H groups in total. The first-order valence-electron chi connectivity index (χ1n) is 11.6. The zero-order chi connectivity index (χ0) is 28.6. The summed E-state index contributed by atoms with van der Waals surface area (Å²) in [6.45, 7) is 3.07. The van der Waals surface area contributed by atoms with Gasteiger partial charge in [0, 0.05) is 10.3 Å². The van der Waals surface area contributed by atoms with Crippen LogP contribution in [0.5, 0.6) is 0 Å². The average molecular weight is 613 g/mol. The molecular weight excluding hydrogens is 589 g/mol. The van der Waals surface area contributed by atoms with Crippen molar-refractivity contribution in [3.63, 3.8) is 0 Å². The number of carboxylic acid groups (broad SMARTS) is 1. The van der Waals surface area contributed by atoms with Gasteiger partial charge in [0.1, 0.15) is 35.9 Å². The number of β-lactam (4-membered cyclic amide) rings is 1. The van der Waals surface area contributed by atoms with E-state index in [1.807, 2.05) is 0 Å². The molecule has 0 aromatic heterocycles. The summed E-state index contributed by atoms with van der Waals surface area (Å²) in [5.74, 6) is -2.85. The quantitative estimate of drug-likeness (QED) is 0.155. The monoisotopic (exact) mass is 611 g/mol. The first-order valence-corrected chi connectivity index (χ1v) is 13.7. The van der Waals surface area contributed by atoms with Crippen LogP contribution in [0.1, 0.15) is 31.0 Å². The van der Waals surface area contributed by atoms with E-state index in [0.29, 0.717) is 11.1 Å². The van der Waals surface area contributed by atoms with Gasteiger partial charge in [-0.2, -0.15) is 0 Å². The smallest absolute Gasteiger partial charge is 0.327 e. The number of nitrogens with two attached hydrogens (primary N) is 1. The van der Waals surface area contributed by atoms with E-state index < -0.39 is 58.5 Å². The number of rotatable bonds is 8. The number of aliphatic carboxylic acids is 1. The van der Waals surface area contributed by atoms with Gasteiger partial charge in [0.25, 0.3) is 0 Å². The number of hydrogen-bond acceptors (Lipinski definition) is 6. The van der Waals surface area contributed by atoms with Gasteiger partial charge in [-0.3, -0.25) is 19.4 Å². The van der Waals surface area contributed by atoms with E-state index in [-0.39, 0.29) is 20.9 Å². The molecule has 0 saturated carbocycles. The third-order valence-electron chi connectivity index (χ3n) is 6.35. The van der Waals surface area contributed by atoms with E-state index in [1.165, 1.54) is 28.8 Å². The predicted molar refractivity (Wildman–Crippen MR) is 150 cm³/mol. The van der Waals surface area contributed by atoms with Gasteiger partial charge in [0.2, 0.25) is 17.7 Å². The molecule has 2 aliphatic heterocycles. The van der Waals surface area contributed by atoms with Crippen molar-refractivity contribution in [3.8, 4) is 0 Å². The van der Waals surface area contributed by atoms with Gasteiger partial charge in [0.05, 0.1) is 15.1 Å². The van der Waals surface area contributed by atoms with Crippen LogP contribution >= 0.6 is 46.6 Å². The van der Waals surface area contributed by atoms with E-state index >= 15 is 0 Å². The van der Waals surface area contributed by atoms with Crippen LogP contribution in [-0.2, 0) is 19.2 Å². The summed E-state index contributed by atoms with van der Waals surface area (Å²) in [6.07, 6.45) is 0. The minimum absolute atomic E-state index is 0.0136. The van der Waals surface area contributed by atoms with Crippen LogP contribution in [0.4, 0.5) is 0 Å². The summed E-state index contributed by atoms with van der Waals surface area (Å²) >= 11 is 19.3. The fourth-order valence-electron chi connectivity index (χ4n) is 4.49. The second-order valence-electron chi connectivity index (χ2n) is 9.45. The number of nitrogens with zero attached hydrogens (tertiary/aromatic N) is 2. The average Bonchev–Trinajstić information content (AvgIpc) is 3.15. The summed E-state index contributed by atoms with van der Waals surface area (Å²) in [4.78, 5) is 56.1. The maximum atomic E-state index is 13.3. The van der Waals surface area contributed by atoms with Crippen molar-refractivity contribution in [3.05, 3.63) is 68.7 Å². The molecule has 0 bridgehead atoms. The maximum Gasteiger partial charge on any atom is 0.327 e. The zero-order valence-electron chi connectivity index (χ0n) is 20.7. The van der Waals surface area contributed by atoms with Crippen molar-refractivity contribution in [1.29, 1.82) is 0 Å². The van der Waals surface area contributed by atoms with Crippen LogP contribution in [0.25, 0.3) is 0 Å². The highest BCUT2D eigenvalue weighted by atomic mass is 35.5. The van der Waals surface area contributed by atoms with Crippen LogP contribution in [0.2, 0.25) is 15.1 Å². The molecule has 206 valence electrons. The van der Waals surface area contributed by atoms with Crippen LogP contribution in [0.15, 0.2) is 47.5 Å². The molecule has 3 amide bonds. The van der Waals surface area contributed by atoms with Crippen LogP contribution in [0.3, 0.4) is 0 Å². The number of thioether (sulfide) groups is 1. The second kappa shape index (κ2) is 11.2. The number of nitrogens with one attached hydrogen (secondary N) is 2. The Labute approximate surface area is 243 Å². The lowest BCUT2D eigenvalue weighted by atomic mass is 9.95. The van der Waals surface area contributed by atoms with Crippen LogP contribution < -0.4 is 16.4 Å². The van der Waals surface area contributed by atoms with E-state index in [2.05, 4.69) is 15.6 Å². The summed E-state index contributed by atoms with van der Waals surface area (Å²) < 4.78 is -0.741. The minimum atomic E-state index is -1.15. The Kier molecular flexibility index (Phi) is 8.36. The normalized spacial score (nSPS) is 22.5. The number of hydrogen-bond donors (Lipinski definition) is 4. The molecule has 4 atom stereocenters. The first-order chi connectivity index (χ1) is 18.3. The number of carboxylic acids is 1. The fraction of sp³-hybridized carbons (Fsp3) is 0.320. The number of aliphatic imine (C=N–C) groups is 1. The van der Waals surface area contributed by atoms with E-state index in [4.69, 9.17) is 40.5 Å². The van der Waals surface area contributed by atoms with E-state index in [9.17, 15) is 24.3 Å². The number of fused-ring (bicyclic) bond motifs is 1. The lowest BCUT2D eigenvalue weighted by Crippen LogP contribution is -2.71. The molecule has 4 rings (SSSR count). The van der Waals surface area contributed by atoms with Gasteiger partial charge in [0.15, 0.2) is 0 Å². The number of amidine groups is 1. The first kappa shape index (κ1) is 29.0. The summed E-state index contributed by atoms with van der Waals surface area (Å²) in [7, 11) is 0. The van der Waals surface area contributed by atoms with E-state index in [1.54, 1.807) is 44.2 Å². The number of halogens is 3. The summed E-state index contributed by atoms with van der Waals surface area (Å²) in [5, 5.41) is 14.9. The highest BCUT2D eigenvalue weighted by Crippen LogP contribution is 2.50. The Morgan fingerprint density at radius 3 is 2.36 bits per heavy atom. The Morgan fingerprint density at radius 2 is 1.77 bits per heavy atom. The molecule has 0 aliphatic carbocycles.